The van der Waals surface area contributed by atoms with Crippen LogP contribution in [0.1, 0.15) is 69.3 Å². The number of carboxylic acid groups (broad SMARTS) is 1. The van der Waals surface area contributed by atoms with E-state index in [9.17, 15) is 18.0 Å². The Balaban J connectivity index is 2.39. The van der Waals surface area contributed by atoms with Crippen molar-refractivity contribution in [2.75, 3.05) is 13.1 Å². The van der Waals surface area contributed by atoms with Crippen LogP contribution in [-0.4, -0.2) is 34.0 Å². The summed E-state index contributed by atoms with van der Waals surface area (Å²) in [5.74, 6) is -0.293. The van der Waals surface area contributed by atoms with Gasteiger partial charge < -0.3 is 15.7 Å². The number of carboxylic acids is 1. The molecule has 0 atom stereocenters. The van der Waals surface area contributed by atoms with E-state index >= 15 is 0 Å². The number of hydrogen-bond acceptors (Lipinski definition) is 4. The summed E-state index contributed by atoms with van der Waals surface area (Å²) in [6, 6.07) is 2.52. The number of nitrogens with two attached hydrogens (primary N) is 1. The largest absolute Gasteiger partial charge is 0.481 e. The van der Waals surface area contributed by atoms with Crippen LogP contribution in [-0.2, 0) is 17.4 Å². The van der Waals surface area contributed by atoms with Crippen molar-refractivity contribution < 1.29 is 23.1 Å². The van der Waals surface area contributed by atoms with E-state index in [4.69, 9.17) is 10.8 Å². The highest BCUT2D eigenvalue weighted by Gasteiger charge is 2.35. The maximum Gasteiger partial charge on any atom is 0.418 e. The van der Waals surface area contributed by atoms with Gasteiger partial charge in [-0.2, -0.15) is 13.2 Å². The normalized spacial score (nSPS) is 21.3. The number of rotatable bonds is 4. The predicted molar refractivity (Wildman–Crippen MR) is 129 cm³/mol. The average molecular weight is 478 g/mol. The van der Waals surface area contributed by atoms with E-state index in [1.54, 1.807) is 31.2 Å². The van der Waals surface area contributed by atoms with Gasteiger partial charge in [-0.15, -0.1) is 0 Å². The first kappa shape index (κ1) is 27.2. The van der Waals surface area contributed by atoms with Gasteiger partial charge in [0.15, 0.2) is 0 Å². The molecule has 8 heteroatoms. The van der Waals surface area contributed by atoms with Crippen LogP contribution in [0.25, 0.3) is 5.57 Å². The highest BCUT2D eigenvalue weighted by Crippen LogP contribution is 2.37. The molecule has 3 N–H and O–H groups in total. The van der Waals surface area contributed by atoms with E-state index in [2.05, 4.69) is 4.98 Å². The van der Waals surface area contributed by atoms with E-state index in [1.165, 1.54) is 6.07 Å². The average Bonchev–Trinajstić information content (AvgIpc) is 2.78. The summed E-state index contributed by atoms with van der Waals surface area (Å²) in [6.45, 7) is 4.83. The van der Waals surface area contributed by atoms with Crippen molar-refractivity contribution in [2.24, 2.45) is 5.73 Å². The molecule has 34 heavy (non-hydrogen) atoms. The van der Waals surface area contributed by atoms with Gasteiger partial charge in [0.25, 0.3) is 0 Å². The molecular weight excluding hydrogens is 443 g/mol. The van der Waals surface area contributed by atoms with Crippen LogP contribution >= 0.6 is 0 Å². The molecule has 0 fully saturated rings. The molecule has 0 radical (unpaired) electrons. The highest BCUT2D eigenvalue weighted by molar-refractivity contribution is 5.78. The summed E-state index contributed by atoms with van der Waals surface area (Å²) < 4.78 is 41.3. The molecule has 0 saturated carbocycles. The second kappa shape index (κ2) is 13.0. The molecule has 0 unspecified atom stereocenters. The first-order valence-electron chi connectivity index (χ1n) is 11.7. The van der Waals surface area contributed by atoms with Crippen LogP contribution in [0.4, 0.5) is 13.2 Å². The molecule has 186 valence electrons. The van der Waals surface area contributed by atoms with Gasteiger partial charge in [-0.05, 0) is 68.9 Å². The minimum atomic E-state index is -4.49. The van der Waals surface area contributed by atoms with Crippen molar-refractivity contribution in [3.8, 4) is 0 Å². The number of allylic oxidation sites excluding steroid dienone is 7. The monoisotopic (exact) mass is 477 g/mol. The van der Waals surface area contributed by atoms with Gasteiger partial charge in [0, 0.05) is 31.6 Å². The van der Waals surface area contributed by atoms with Crippen LogP contribution in [0.3, 0.4) is 0 Å². The number of fused-ring (bicyclic) bond motifs is 2. The van der Waals surface area contributed by atoms with Crippen molar-refractivity contribution >= 4 is 11.5 Å². The minimum Gasteiger partial charge on any atom is -0.481 e. The van der Waals surface area contributed by atoms with Crippen molar-refractivity contribution in [3.05, 3.63) is 70.9 Å². The molecule has 0 aliphatic carbocycles. The summed E-state index contributed by atoms with van der Waals surface area (Å²) in [7, 11) is 0. The number of aliphatic carboxylic acids is 1. The number of carbonyl (C=O) groups is 1. The minimum absolute atomic E-state index is 0.0271. The molecule has 0 amide bonds. The molecule has 2 rings (SSSR count). The van der Waals surface area contributed by atoms with Crippen LogP contribution in [0.15, 0.2) is 53.9 Å². The van der Waals surface area contributed by atoms with Crippen molar-refractivity contribution in [1.29, 1.82) is 0 Å². The Morgan fingerprint density at radius 1 is 1.21 bits per heavy atom. The summed E-state index contributed by atoms with van der Waals surface area (Å²) in [5.41, 5.74) is 7.39. The third kappa shape index (κ3) is 8.08. The quantitative estimate of drug-likeness (QED) is 0.549. The van der Waals surface area contributed by atoms with Gasteiger partial charge in [-0.3, -0.25) is 9.78 Å². The summed E-state index contributed by atoms with van der Waals surface area (Å²) >= 11 is 0. The number of nitrogens with zero attached hydrogens (tertiary/aromatic N) is 2. The molecule has 0 spiro atoms. The van der Waals surface area contributed by atoms with E-state index in [-0.39, 0.29) is 12.1 Å². The zero-order valence-corrected chi connectivity index (χ0v) is 19.9. The standard InChI is InChI=1S/C26H34F3N3O2/c1-3-19-11-6-5-9-17-32(18-10-14-24(33)34)23(30)13-8-7-12-20-15-16-22(26(27,28)29)25(31-20)21(19)4-2/h3-4,7-8,13,15-16H,5-6,9-12,14,17-18,30H2,1-2H3,(H,33,34)/b8-7-,19-3-,21-4+,23-13+. The molecule has 1 aromatic heterocycles. The zero-order chi connectivity index (χ0) is 25.1. The first-order valence-corrected chi connectivity index (χ1v) is 11.7. The molecule has 1 aliphatic rings. The Morgan fingerprint density at radius 3 is 2.62 bits per heavy atom. The van der Waals surface area contributed by atoms with Crippen LogP contribution in [0.5, 0.6) is 0 Å². The second-order valence-electron chi connectivity index (χ2n) is 8.23. The lowest BCUT2D eigenvalue weighted by atomic mass is 9.93. The van der Waals surface area contributed by atoms with E-state index in [0.29, 0.717) is 49.4 Å². The Hall–Kier alpha value is -3.03. The second-order valence-corrected chi connectivity index (χ2v) is 8.23. The third-order valence-corrected chi connectivity index (χ3v) is 5.78. The SMILES string of the molecule is C/C=C1/CCCCCN(CCCC(=O)O)/C(N)=C/C=C\Cc2ccc(C(F)(F)F)c(n2)/C1=C/C. The molecule has 2 bridgehead atoms. The molecule has 2 heterocycles. The molecule has 5 nitrogen and oxygen atoms in total. The van der Waals surface area contributed by atoms with Gasteiger partial charge in [0.05, 0.1) is 17.1 Å². The molecular formula is C26H34F3N3O2. The first-order chi connectivity index (χ1) is 16.2. The number of pyridine rings is 1. The van der Waals surface area contributed by atoms with Crippen molar-refractivity contribution in [3.63, 3.8) is 0 Å². The number of aromatic nitrogens is 1. The molecule has 1 aromatic rings. The molecule has 1 aliphatic heterocycles. The Morgan fingerprint density at radius 2 is 1.97 bits per heavy atom. The maximum atomic E-state index is 13.8. The lowest BCUT2D eigenvalue weighted by Crippen LogP contribution is -2.30. The van der Waals surface area contributed by atoms with Gasteiger partial charge in [-0.1, -0.05) is 30.7 Å². The van der Waals surface area contributed by atoms with Crippen LogP contribution in [0, 0.1) is 0 Å². The topological polar surface area (TPSA) is 79.5 Å². The Kier molecular flexibility index (Phi) is 10.4. The summed E-state index contributed by atoms with van der Waals surface area (Å²) in [4.78, 5) is 17.3. The lowest BCUT2D eigenvalue weighted by Gasteiger charge is -2.25. The Bertz CT molecular complexity index is 963. The summed E-state index contributed by atoms with van der Waals surface area (Å²) in [5, 5.41) is 8.92. The molecule has 0 saturated heterocycles. The van der Waals surface area contributed by atoms with E-state index < -0.39 is 17.7 Å². The highest BCUT2D eigenvalue weighted by atomic mass is 19.4. The van der Waals surface area contributed by atoms with Crippen LogP contribution < -0.4 is 5.73 Å². The predicted octanol–water partition coefficient (Wildman–Crippen LogP) is 6.09. The van der Waals surface area contributed by atoms with Crippen molar-refractivity contribution in [2.45, 2.75) is 65.0 Å². The fourth-order valence-electron chi connectivity index (χ4n) is 4.00. The summed E-state index contributed by atoms with van der Waals surface area (Å²) in [6.07, 6.45) is 8.50. The number of halogens is 3. The van der Waals surface area contributed by atoms with Gasteiger partial charge >= 0.3 is 12.1 Å². The Labute approximate surface area is 199 Å². The van der Waals surface area contributed by atoms with Gasteiger partial charge in [0.2, 0.25) is 0 Å². The van der Waals surface area contributed by atoms with E-state index in [1.807, 2.05) is 17.9 Å². The number of hydrogen-bond donors (Lipinski definition) is 2. The van der Waals surface area contributed by atoms with E-state index in [0.717, 1.165) is 30.9 Å². The third-order valence-electron chi connectivity index (χ3n) is 5.78. The fourth-order valence-corrected chi connectivity index (χ4v) is 4.00. The van der Waals surface area contributed by atoms with Crippen molar-refractivity contribution in [1.82, 2.24) is 9.88 Å². The molecule has 0 aromatic carbocycles. The van der Waals surface area contributed by atoms with Crippen LogP contribution in [0.2, 0.25) is 0 Å². The fraction of sp³-hybridized carbons (Fsp3) is 0.462. The number of alkyl halides is 3. The lowest BCUT2D eigenvalue weighted by molar-refractivity contribution is -0.138. The smallest absolute Gasteiger partial charge is 0.418 e. The zero-order valence-electron chi connectivity index (χ0n) is 19.9. The van der Waals surface area contributed by atoms with Gasteiger partial charge in [0.1, 0.15) is 0 Å². The van der Waals surface area contributed by atoms with Gasteiger partial charge in [-0.25, -0.2) is 0 Å². The maximum absolute atomic E-state index is 13.8.